The van der Waals surface area contributed by atoms with E-state index in [0.717, 1.165) is 35.8 Å². The molecule has 27 heavy (non-hydrogen) atoms. The van der Waals surface area contributed by atoms with Gasteiger partial charge < -0.3 is 4.74 Å². The van der Waals surface area contributed by atoms with E-state index in [1.165, 1.54) is 19.4 Å². The summed E-state index contributed by atoms with van der Waals surface area (Å²) in [5, 5.41) is 0. The summed E-state index contributed by atoms with van der Waals surface area (Å²) >= 11 is 0. The van der Waals surface area contributed by atoms with Gasteiger partial charge in [-0.05, 0) is 59.7 Å². The second kappa shape index (κ2) is 6.99. The molecule has 0 aliphatic heterocycles. The lowest BCUT2D eigenvalue weighted by atomic mass is 9.98. The number of hydrogen-bond acceptors (Lipinski definition) is 4. The topological polar surface area (TPSA) is 56.3 Å². The quantitative estimate of drug-likeness (QED) is 0.756. The molecule has 2 aromatic rings. The van der Waals surface area contributed by atoms with Crippen LogP contribution in [0.3, 0.4) is 0 Å². The van der Waals surface area contributed by atoms with Crippen molar-refractivity contribution in [1.29, 1.82) is 0 Å². The predicted molar refractivity (Wildman–Crippen MR) is 96.0 cm³/mol. The molecule has 0 amide bonds. The van der Waals surface area contributed by atoms with Crippen LogP contribution in [0.4, 0.5) is 13.2 Å². The summed E-state index contributed by atoms with van der Waals surface area (Å²) in [5.74, 6) is -0.314. The van der Waals surface area contributed by atoms with E-state index in [2.05, 4.69) is 4.98 Å². The number of ether oxygens (including phenoxy) is 1. The molecule has 4 nitrogen and oxygen atoms in total. The minimum atomic E-state index is -4.59. The Labute approximate surface area is 155 Å². The molecule has 1 aliphatic carbocycles. The molecular weight excluding hydrogens is 379 g/mol. The van der Waals surface area contributed by atoms with Gasteiger partial charge in [-0.1, -0.05) is 12.1 Å². The Morgan fingerprint density at radius 2 is 1.63 bits per heavy atom. The van der Waals surface area contributed by atoms with Crippen molar-refractivity contribution in [2.24, 2.45) is 0 Å². The minimum Gasteiger partial charge on any atom is -0.494 e. The standard InChI is InChI=1S/C19H18F3NO3S/c1-26-17-10-13(11-23-18(17)19(20,21)22)16-5-3-4-15(16)12-6-8-14(9-7-12)27(2,24)25/h6-11H,3-5H2,1-2H3. The van der Waals surface area contributed by atoms with Crippen LogP contribution in [0, 0.1) is 0 Å². The zero-order valence-electron chi connectivity index (χ0n) is 14.8. The van der Waals surface area contributed by atoms with Crippen molar-refractivity contribution in [2.45, 2.75) is 30.3 Å². The second-order valence-corrected chi connectivity index (χ2v) is 8.40. The van der Waals surface area contributed by atoms with Crippen molar-refractivity contribution in [2.75, 3.05) is 13.4 Å². The van der Waals surface area contributed by atoms with Crippen LogP contribution >= 0.6 is 0 Å². The third kappa shape index (κ3) is 4.00. The summed E-state index contributed by atoms with van der Waals surface area (Å²) in [5.41, 5.74) is 2.28. The highest BCUT2D eigenvalue weighted by atomic mass is 32.2. The summed E-state index contributed by atoms with van der Waals surface area (Å²) in [6.45, 7) is 0. The highest BCUT2D eigenvalue weighted by molar-refractivity contribution is 7.90. The predicted octanol–water partition coefficient (Wildman–Crippen LogP) is 4.61. The Hall–Kier alpha value is -2.35. The fourth-order valence-electron chi connectivity index (χ4n) is 3.26. The van der Waals surface area contributed by atoms with Crippen molar-refractivity contribution < 1.29 is 26.3 Å². The molecule has 0 atom stereocenters. The lowest BCUT2D eigenvalue weighted by molar-refractivity contribution is -0.142. The van der Waals surface area contributed by atoms with E-state index in [-0.39, 0.29) is 10.6 Å². The number of alkyl halides is 3. The number of nitrogens with zero attached hydrogens (tertiary/aromatic N) is 1. The summed E-state index contributed by atoms with van der Waals surface area (Å²) in [7, 11) is -2.10. The van der Waals surface area contributed by atoms with Crippen LogP contribution in [-0.4, -0.2) is 26.8 Å². The van der Waals surface area contributed by atoms with E-state index >= 15 is 0 Å². The molecule has 0 saturated heterocycles. The second-order valence-electron chi connectivity index (χ2n) is 6.38. The van der Waals surface area contributed by atoms with Gasteiger partial charge in [0.25, 0.3) is 0 Å². The lowest BCUT2D eigenvalue weighted by Crippen LogP contribution is -2.10. The van der Waals surface area contributed by atoms with E-state index in [4.69, 9.17) is 4.74 Å². The Morgan fingerprint density at radius 3 is 2.15 bits per heavy atom. The molecule has 0 fully saturated rings. The van der Waals surface area contributed by atoms with Crippen LogP contribution in [0.2, 0.25) is 0 Å². The van der Waals surface area contributed by atoms with Gasteiger partial charge >= 0.3 is 6.18 Å². The molecule has 0 bridgehead atoms. The summed E-state index contributed by atoms with van der Waals surface area (Å²) in [6.07, 6.45) is 0.107. The number of benzene rings is 1. The lowest BCUT2D eigenvalue weighted by Gasteiger charge is -2.14. The monoisotopic (exact) mass is 397 g/mol. The molecule has 8 heteroatoms. The Balaban J connectivity index is 2.05. The zero-order chi connectivity index (χ0) is 19.8. The van der Waals surface area contributed by atoms with Gasteiger partial charge in [0.2, 0.25) is 0 Å². The molecule has 0 saturated carbocycles. The average molecular weight is 397 g/mol. The minimum absolute atomic E-state index is 0.226. The molecule has 144 valence electrons. The van der Waals surface area contributed by atoms with Crippen molar-refractivity contribution in [3.05, 3.63) is 53.3 Å². The molecule has 1 aliphatic rings. The molecule has 1 heterocycles. The largest absolute Gasteiger partial charge is 0.494 e. The molecular formula is C19H18F3NO3S. The first-order chi connectivity index (χ1) is 12.6. The number of rotatable bonds is 4. The van der Waals surface area contributed by atoms with Crippen LogP contribution < -0.4 is 4.74 Å². The van der Waals surface area contributed by atoms with Crippen LogP contribution in [0.1, 0.15) is 36.1 Å². The van der Waals surface area contributed by atoms with E-state index < -0.39 is 21.7 Å². The number of aromatic nitrogens is 1. The third-order valence-corrected chi connectivity index (χ3v) is 5.67. The van der Waals surface area contributed by atoms with Crippen molar-refractivity contribution in [3.63, 3.8) is 0 Å². The van der Waals surface area contributed by atoms with E-state index in [1.807, 2.05) is 0 Å². The van der Waals surface area contributed by atoms with Crippen molar-refractivity contribution >= 4 is 21.0 Å². The van der Waals surface area contributed by atoms with Crippen LogP contribution in [-0.2, 0) is 16.0 Å². The van der Waals surface area contributed by atoms with Gasteiger partial charge in [0.1, 0.15) is 5.75 Å². The van der Waals surface area contributed by atoms with E-state index in [1.54, 1.807) is 24.3 Å². The summed E-state index contributed by atoms with van der Waals surface area (Å²) in [6, 6.07) is 7.90. The van der Waals surface area contributed by atoms with Gasteiger partial charge in [0, 0.05) is 12.5 Å². The smallest absolute Gasteiger partial charge is 0.437 e. The van der Waals surface area contributed by atoms with Gasteiger partial charge in [-0.15, -0.1) is 0 Å². The molecule has 0 N–H and O–H groups in total. The molecule has 1 aromatic carbocycles. The fraction of sp³-hybridized carbons (Fsp3) is 0.316. The van der Waals surface area contributed by atoms with Gasteiger partial charge in [-0.25, -0.2) is 13.4 Å². The number of allylic oxidation sites excluding steroid dienone is 2. The summed E-state index contributed by atoms with van der Waals surface area (Å²) in [4.78, 5) is 3.80. The number of pyridine rings is 1. The van der Waals surface area contributed by atoms with Gasteiger partial charge in [-0.2, -0.15) is 13.2 Å². The number of methoxy groups -OCH3 is 1. The van der Waals surface area contributed by atoms with E-state index in [9.17, 15) is 21.6 Å². The average Bonchev–Trinajstić information content (AvgIpc) is 3.09. The molecule has 1 aromatic heterocycles. The maximum Gasteiger partial charge on any atom is 0.437 e. The maximum absolute atomic E-state index is 13.0. The normalized spacial score (nSPS) is 15.3. The van der Waals surface area contributed by atoms with Crippen LogP contribution in [0.5, 0.6) is 5.75 Å². The molecule has 0 radical (unpaired) electrons. The Kier molecular flexibility index (Phi) is 5.03. The van der Waals surface area contributed by atoms with Crippen molar-refractivity contribution in [3.8, 4) is 5.75 Å². The first-order valence-electron chi connectivity index (χ1n) is 8.25. The van der Waals surface area contributed by atoms with Crippen LogP contribution in [0.25, 0.3) is 11.1 Å². The molecule has 3 rings (SSSR count). The molecule has 0 spiro atoms. The highest BCUT2D eigenvalue weighted by Gasteiger charge is 2.36. The maximum atomic E-state index is 13.0. The van der Waals surface area contributed by atoms with Gasteiger partial charge in [0.05, 0.1) is 12.0 Å². The zero-order valence-corrected chi connectivity index (χ0v) is 15.6. The number of halogens is 3. The van der Waals surface area contributed by atoms with Crippen LogP contribution in [0.15, 0.2) is 41.4 Å². The van der Waals surface area contributed by atoms with E-state index in [0.29, 0.717) is 12.0 Å². The Morgan fingerprint density at radius 1 is 1.04 bits per heavy atom. The SMILES string of the molecule is COc1cc(C2=C(c3ccc(S(C)(=O)=O)cc3)CCC2)cnc1C(F)(F)F. The third-order valence-electron chi connectivity index (χ3n) is 4.54. The first kappa shape index (κ1) is 19.4. The molecule has 0 unspecified atom stereocenters. The number of sulfone groups is 1. The van der Waals surface area contributed by atoms with Gasteiger partial charge in [-0.3, -0.25) is 0 Å². The van der Waals surface area contributed by atoms with Crippen molar-refractivity contribution in [1.82, 2.24) is 4.98 Å². The first-order valence-corrected chi connectivity index (χ1v) is 10.1. The fourth-order valence-corrected chi connectivity index (χ4v) is 3.89. The highest BCUT2D eigenvalue weighted by Crippen LogP contribution is 2.42. The summed E-state index contributed by atoms with van der Waals surface area (Å²) < 4.78 is 67.2. The van der Waals surface area contributed by atoms with Gasteiger partial charge in [0.15, 0.2) is 15.5 Å². The number of hydrogen-bond donors (Lipinski definition) is 0. The Bertz CT molecular complexity index is 994.